The van der Waals surface area contributed by atoms with Crippen molar-refractivity contribution >= 4 is 34.5 Å². The molecule has 0 saturated heterocycles. The van der Waals surface area contributed by atoms with Crippen molar-refractivity contribution < 1.29 is 9.18 Å². The van der Waals surface area contributed by atoms with Crippen LogP contribution < -0.4 is 22.5 Å². The molecule has 11 heteroatoms. The molecule has 0 radical (unpaired) electrons. The number of benzene rings is 2. The molecule has 0 spiro atoms. The smallest absolute Gasteiger partial charge is 0.354 e. The number of H-pyrrole nitrogens is 1. The first-order valence-electron chi connectivity index (χ1n) is 13.2. The Morgan fingerprint density at radius 2 is 1.93 bits per heavy atom. The monoisotopic (exact) mass is 565 g/mol. The van der Waals surface area contributed by atoms with Gasteiger partial charge in [0, 0.05) is 35.8 Å². The highest BCUT2D eigenvalue weighted by atomic mass is 35.5. The van der Waals surface area contributed by atoms with Crippen LogP contribution in [0.15, 0.2) is 58.4 Å². The number of nitrogens with zero attached hydrogens (tertiary/aromatic N) is 3. The molecule has 0 fully saturated rings. The molecule has 0 atom stereocenters. The third-order valence-corrected chi connectivity index (χ3v) is 6.73. The van der Waals surface area contributed by atoms with E-state index in [1.54, 1.807) is 48.7 Å². The summed E-state index contributed by atoms with van der Waals surface area (Å²) in [6.07, 6.45) is 5.07. The maximum atomic E-state index is 15.0. The standard InChI is InChI=1S/C29H33ClFN7O2/c1-17(2)5-3-6-18-13-22(25(31)23(30)14-18)24-15-20-16-38(29(40)37-26(20)36-24)21-9-7-19(8-10-21)27(39)34-11-4-12-35-28(32)33/h7-10,13-17H,3-6,11-12H2,1-2H3,(H,34,39)(H4,32,33,35)(H,36,37,40). The Labute approximate surface area is 236 Å². The van der Waals surface area contributed by atoms with Crippen molar-refractivity contribution in [2.24, 2.45) is 22.4 Å². The van der Waals surface area contributed by atoms with Crippen LogP contribution in [0, 0.1) is 11.7 Å². The Morgan fingerprint density at radius 1 is 1.18 bits per heavy atom. The summed E-state index contributed by atoms with van der Waals surface area (Å²) in [7, 11) is 0. The fraction of sp³-hybridized carbons (Fsp3) is 0.310. The number of aliphatic imine (C=N–C) groups is 1. The molecule has 40 heavy (non-hydrogen) atoms. The van der Waals surface area contributed by atoms with E-state index in [0.717, 1.165) is 24.8 Å². The number of aromatic amines is 1. The Hall–Kier alpha value is -4.18. The summed E-state index contributed by atoms with van der Waals surface area (Å²) in [6, 6.07) is 11.8. The van der Waals surface area contributed by atoms with Crippen LogP contribution in [0.4, 0.5) is 4.39 Å². The first-order chi connectivity index (χ1) is 19.1. The van der Waals surface area contributed by atoms with Gasteiger partial charge in [-0.2, -0.15) is 4.98 Å². The lowest BCUT2D eigenvalue weighted by Crippen LogP contribution is -2.26. The van der Waals surface area contributed by atoms with Gasteiger partial charge >= 0.3 is 5.69 Å². The average Bonchev–Trinajstić information content (AvgIpc) is 3.32. The van der Waals surface area contributed by atoms with E-state index in [4.69, 9.17) is 23.1 Å². The topological polar surface area (TPSA) is 144 Å². The first kappa shape index (κ1) is 28.8. The highest BCUT2D eigenvalue weighted by Gasteiger charge is 2.16. The van der Waals surface area contributed by atoms with Crippen molar-refractivity contribution in [2.45, 2.75) is 39.5 Å². The Balaban J connectivity index is 1.54. The van der Waals surface area contributed by atoms with Crippen molar-refractivity contribution in [1.82, 2.24) is 19.9 Å². The lowest BCUT2D eigenvalue weighted by molar-refractivity contribution is 0.0953. The number of nitrogens with two attached hydrogens (primary N) is 2. The number of hydrogen-bond donors (Lipinski definition) is 4. The Bertz CT molecular complexity index is 1590. The first-order valence-corrected chi connectivity index (χ1v) is 13.5. The quantitative estimate of drug-likeness (QED) is 0.120. The van der Waals surface area contributed by atoms with Gasteiger partial charge in [0.2, 0.25) is 0 Å². The number of amides is 1. The molecule has 0 aliphatic heterocycles. The molecule has 4 aromatic rings. The molecule has 6 N–H and O–H groups in total. The van der Waals surface area contributed by atoms with Crippen molar-refractivity contribution in [3.63, 3.8) is 0 Å². The third-order valence-electron chi connectivity index (χ3n) is 6.46. The lowest BCUT2D eigenvalue weighted by Gasteiger charge is -2.09. The Morgan fingerprint density at radius 3 is 2.62 bits per heavy atom. The van der Waals surface area contributed by atoms with Crippen molar-refractivity contribution in [2.75, 3.05) is 13.1 Å². The molecular formula is C29H33ClFN7O2. The summed E-state index contributed by atoms with van der Waals surface area (Å²) >= 11 is 6.23. The van der Waals surface area contributed by atoms with Crippen LogP contribution >= 0.6 is 11.6 Å². The van der Waals surface area contributed by atoms with Gasteiger partial charge in [0.15, 0.2) is 11.8 Å². The number of hydrogen-bond acceptors (Lipinski definition) is 4. The molecule has 2 heterocycles. The molecule has 4 rings (SSSR count). The maximum Gasteiger partial charge on any atom is 0.354 e. The van der Waals surface area contributed by atoms with Crippen LogP contribution in [0.3, 0.4) is 0 Å². The number of aryl methyl sites for hydroxylation is 1. The minimum Gasteiger partial charge on any atom is -0.370 e. The van der Waals surface area contributed by atoms with Crippen molar-refractivity contribution in [3.05, 3.63) is 81.1 Å². The van der Waals surface area contributed by atoms with Crippen LogP contribution in [0.2, 0.25) is 5.02 Å². The van der Waals surface area contributed by atoms with Crippen LogP contribution in [0.25, 0.3) is 28.0 Å². The van der Waals surface area contributed by atoms with Gasteiger partial charge in [-0.1, -0.05) is 31.9 Å². The van der Waals surface area contributed by atoms with Gasteiger partial charge in [-0.25, -0.2) is 9.18 Å². The van der Waals surface area contributed by atoms with E-state index in [0.29, 0.717) is 59.0 Å². The molecule has 2 aromatic heterocycles. The van der Waals surface area contributed by atoms with Crippen LogP contribution in [0.1, 0.15) is 49.0 Å². The van der Waals surface area contributed by atoms with E-state index < -0.39 is 11.5 Å². The summed E-state index contributed by atoms with van der Waals surface area (Å²) in [6.45, 7) is 5.18. The Kier molecular flexibility index (Phi) is 9.21. The predicted octanol–water partition coefficient (Wildman–Crippen LogP) is 4.55. The summed E-state index contributed by atoms with van der Waals surface area (Å²) in [5.74, 6) is -0.177. The summed E-state index contributed by atoms with van der Waals surface area (Å²) in [5.41, 5.74) is 13.1. The molecule has 9 nitrogen and oxygen atoms in total. The molecular weight excluding hydrogens is 533 g/mol. The number of fused-ring (bicyclic) bond motifs is 1. The lowest BCUT2D eigenvalue weighted by atomic mass is 10.00. The van der Waals surface area contributed by atoms with Crippen LogP contribution in [-0.4, -0.2) is 39.5 Å². The number of guanidine groups is 1. The minimum absolute atomic E-state index is 0.0129. The molecule has 0 aliphatic rings. The second-order valence-corrected chi connectivity index (χ2v) is 10.5. The van der Waals surface area contributed by atoms with Gasteiger partial charge < -0.3 is 21.8 Å². The van der Waals surface area contributed by atoms with Gasteiger partial charge in [-0.3, -0.25) is 14.4 Å². The van der Waals surface area contributed by atoms with E-state index in [1.165, 1.54) is 4.57 Å². The van der Waals surface area contributed by atoms with Crippen molar-refractivity contribution in [3.8, 4) is 16.9 Å². The van der Waals surface area contributed by atoms with E-state index in [2.05, 4.69) is 34.1 Å². The normalized spacial score (nSPS) is 11.2. The van der Waals surface area contributed by atoms with Gasteiger partial charge in [0.1, 0.15) is 5.65 Å². The highest BCUT2D eigenvalue weighted by molar-refractivity contribution is 6.31. The highest BCUT2D eigenvalue weighted by Crippen LogP contribution is 2.31. The summed E-state index contributed by atoms with van der Waals surface area (Å²) in [4.78, 5) is 36.3. The number of carbonyl (C=O) groups excluding carboxylic acids is 1. The van der Waals surface area contributed by atoms with E-state index in [-0.39, 0.29) is 16.9 Å². The van der Waals surface area contributed by atoms with Crippen molar-refractivity contribution in [1.29, 1.82) is 0 Å². The largest absolute Gasteiger partial charge is 0.370 e. The fourth-order valence-corrected chi connectivity index (χ4v) is 4.63. The zero-order chi connectivity index (χ0) is 28.8. The molecule has 0 bridgehead atoms. The SMILES string of the molecule is CC(C)CCCc1cc(Cl)c(F)c(-c2cc3cn(-c4ccc(C(=O)NCCCN=C(N)N)cc4)c(=O)nc3[nH]2)c1. The van der Waals surface area contributed by atoms with E-state index >= 15 is 4.39 Å². The van der Waals surface area contributed by atoms with E-state index in [9.17, 15) is 9.59 Å². The number of nitrogens with one attached hydrogen (secondary N) is 2. The predicted molar refractivity (Wildman–Crippen MR) is 157 cm³/mol. The average molecular weight is 566 g/mol. The summed E-state index contributed by atoms with van der Waals surface area (Å²) in [5, 5.41) is 3.48. The second kappa shape index (κ2) is 12.8. The maximum absolute atomic E-state index is 15.0. The number of halogens is 2. The zero-order valence-corrected chi connectivity index (χ0v) is 23.3. The van der Waals surface area contributed by atoms with Crippen LogP contribution in [-0.2, 0) is 6.42 Å². The molecule has 2 aromatic carbocycles. The number of aromatic nitrogens is 3. The summed E-state index contributed by atoms with van der Waals surface area (Å²) < 4.78 is 16.4. The number of rotatable bonds is 11. The molecule has 1 amide bonds. The van der Waals surface area contributed by atoms with Crippen LogP contribution in [0.5, 0.6) is 0 Å². The number of carbonyl (C=O) groups is 1. The molecule has 0 saturated carbocycles. The fourth-order valence-electron chi connectivity index (χ4n) is 4.39. The minimum atomic E-state index is -0.527. The third kappa shape index (κ3) is 7.06. The van der Waals surface area contributed by atoms with Gasteiger partial charge in [-0.15, -0.1) is 0 Å². The molecule has 210 valence electrons. The molecule has 0 unspecified atom stereocenters. The van der Waals surface area contributed by atoms with Gasteiger partial charge in [0.05, 0.1) is 16.4 Å². The van der Waals surface area contributed by atoms with Gasteiger partial charge in [0.25, 0.3) is 5.91 Å². The van der Waals surface area contributed by atoms with E-state index in [1.807, 2.05) is 0 Å². The molecule has 0 aliphatic carbocycles. The van der Waals surface area contributed by atoms with Gasteiger partial charge in [-0.05, 0) is 73.2 Å². The second-order valence-electron chi connectivity index (χ2n) is 10.1. The zero-order valence-electron chi connectivity index (χ0n) is 22.5.